The van der Waals surface area contributed by atoms with Gasteiger partial charge in [0.1, 0.15) is 5.78 Å². The van der Waals surface area contributed by atoms with Crippen LogP contribution in [-0.2, 0) is 4.79 Å². The van der Waals surface area contributed by atoms with Crippen LogP contribution in [0.1, 0.15) is 19.8 Å². The normalized spacial score (nSPS) is 42.7. The standard InChI is InChI=1S/C9H12O/c1-6(10)9-5-7-2-3-8(9)4-7/h2-3,7-9H,4-5H2,1H3/t7?,8?,9-/m1/s1. The van der Waals surface area contributed by atoms with Crippen LogP contribution in [0.4, 0.5) is 0 Å². The Balaban J connectivity index is 2.16. The van der Waals surface area contributed by atoms with Crippen LogP contribution < -0.4 is 0 Å². The third-order valence-electron chi connectivity index (χ3n) is 2.80. The number of carbonyl (C=O) groups excluding carboxylic acids is 1. The van der Waals surface area contributed by atoms with Crippen molar-refractivity contribution in [2.24, 2.45) is 17.8 Å². The van der Waals surface area contributed by atoms with Crippen LogP contribution in [0.2, 0.25) is 0 Å². The van der Waals surface area contributed by atoms with Gasteiger partial charge in [0.15, 0.2) is 0 Å². The Morgan fingerprint density at radius 1 is 1.40 bits per heavy atom. The fourth-order valence-electron chi connectivity index (χ4n) is 2.25. The molecule has 0 aromatic rings. The van der Waals surface area contributed by atoms with Gasteiger partial charge in [-0.25, -0.2) is 0 Å². The van der Waals surface area contributed by atoms with Gasteiger partial charge in [0, 0.05) is 5.92 Å². The number of Topliss-reactive ketones (excluding diaryl/α,β-unsaturated/α-hetero) is 1. The second-order valence-corrected chi connectivity index (χ2v) is 3.50. The number of carbonyl (C=O) groups is 1. The maximum atomic E-state index is 11.0. The first-order valence-electron chi connectivity index (χ1n) is 3.96. The Bertz CT molecular complexity index is 193. The zero-order valence-corrected chi connectivity index (χ0v) is 6.21. The first-order valence-corrected chi connectivity index (χ1v) is 3.96. The average molecular weight is 136 g/mol. The third kappa shape index (κ3) is 0.731. The fraction of sp³-hybridized carbons (Fsp3) is 0.667. The summed E-state index contributed by atoms with van der Waals surface area (Å²) in [5.74, 6) is 2.09. The van der Waals surface area contributed by atoms with E-state index in [-0.39, 0.29) is 0 Å². The van der Waals surface area contributed by atoms with E-state index in [0.717, 1.165) is 12.3 Å². The Hall–Kier alpha value is -0.590. The Morgan fingerprint density at radius 3 is 2.50 bits per heavy atom. The van der Waals surface area contributed by atoms with Crippen molar-refractivity contribution < 1.29 is 4.79 Å². The topological polar surface area (TPSA) is 17.1 Å². The quantitative estimate of drug-likeness (QED) is 0.502. The molecule has 0 heterocycles. The van der Waals surface area contributed by atoms with Crippen molar-refractivity contribution in [3.05, 3.63) is 12.2 Å². The molecule has 1 saturated carbocycles. The summed E-state index contributed by atoms with van der Waals surface area (Å²) < 4.78 is 0. The van der Waals surface area contributed by atoms with Gasteiger partial charge in [-0.05, 0) is 31.6 Å². The van der Waals surface area contributed by atoms with E-state index in [4.69, 9.17) is 0 Å². The monoisotopic (exact) mass is 136 g/mol. The van der Waals surface area contributed by atoms with Crippen molar-refractivity contribution >= 4 is 5.78 Å². The fourth-order valence-corrected chi connectivity index (χ4v) is 2.25. The van der Waals surface area contributed by atoms with Crippen LogP contribution in [0.15, 0.2) is 12.2 Å². The van der Waals surface area contributed by atoms with Gasteiger partial charge in [0.2, 0.25) is 0 Å². The van der Waals surface area contributed by atoms with Crippen LogP contribution in [0, 0.1) is 17.8 Å². The van der Waals surface area contributed by atoms with E-state index in [0.29, 0.717) is 17.6 Å². The summed E-state index contributed by atoms with van der Waals surface area (Å²) in [4.78, 5) is 11.0. The summed E-state index contributed by atoms with van der Waals surface area (Å²) in [5, 5.41) is 0. The van der Waals surface area contributed by atoms with Crippen LogP contribution in [0.5, 0.6) is 0 Å². The molecule has 0 spiro atoms. The molecule has 1 fully saturated rings. The number of fused-ring (bicyclic) bond motifs is 2. The molecule has 54 valence electrons. The predicted molar refractivity (Wildman–Crippen MR) is 39.5 cm³/mol. The minimum absolute atomic E-state index is 0.370. The summed E-state index contributed by atoms with van der Waals surface area (Å²) >= 11 is 0. The van der Waals surface area contributed by atoms with Crippen molar-refractivity contribution in [2.75, 3.05) is 0 Å². The average Bonchev–Trinajstić information content (AvgIpc) is 2.44. The van der Waals surface area contributed by atoms with Crippen LogP contribution in [0.25, 0.3) is 0 Å². The number of allylic oxidation sites excluding steroid dienone is 2. The van der Waals surface area contributed by atoms with Gasteiger partial charge >= 0.3 is 0 Å². The molecule has 2 aliphatic rings. The van der Waals surface area contributed by atoms with Gasteiger partial charge in [-0.3, -0.25) is 4.79 Å². The van der Waals surface area contributed by atoms with Crippen molar-refractivity contribution in [1.29, 1.82) is 0 Å². The number of hydrogen-bond donors (Lipinski definition) is 0. The van der Waals surface area contributed by atoms with E-state index < -0.39 is 0 Å². The molecule has 0 saturated heterocycles. The highest BCUT2D eigenvalue weighted by molar-refractivity contribution is 5.79. The molecule has 1 nitrogen and oxygen atoms in total. The molecular formula is C9H12O. The van der Waals surface area contributed by atoms with Crippen LogP contribution >= 0.6 is 0 Å². The highest BCUT2D eigenvalue weighted by Crippen LogP contribution is 2.43. The minimum atomic E-state index is 0.370. The number of ketones is 1. The maximum absolute atomic E-state index is 11.0. The summed E-state index contributed by atoms with van der Waals surface area (Å²) in [5.41, 5.74) is 0. The van der Waals surface area contributed by atoms with Gasteiger partial charge in [0.05, 0.1) is 0 Å². The zero-order chi connectivity index (χ0) is 7.14. The van der Waals surface area contributed by atoms with Crippen molar-refractivity contribution in [1.82, 2.24) is 0 Å². The van der Waals surface area contributed by atoms with Crippen LogP contribution in [0.3, 0.4) is 0 Å². The van der Waals surface area contributed by atoms with Gasteiger partial charge in [0.25, 0.3) is 0 Å². The highest BCUT2D eigenvalue weighted by atomic mass is 16.1. The zero-order valence-electron chi connectivity index (χ0n) is 6.21. The van der Waals surface area contributed by atoms with Crippen molar-refractivity contribution in [2.45, 2.75) is 19.8 Å². The Labute approximate surface area is 61.1 Å². The first kappa shape index (κ1) is 6.14. The molecule has 0 radical (unpaired) electrons. The van der Waals surface area contributed by atoms with Gasteiger partial charge in [-0.15, -0.1) is 0 Å². The third-order valence-corrected chi connectivity index (χ3v) is 2.80. The predicted octanol–water partition coefficient (Wildman–Crippen LogP) is 1.79. The maximum Gasteiger partial charge on any atom is 0.133 e. The lowest BCUT2D eigenvalue weighted by Crippen LogP contribution is -2.15. The van der Waals surface area contributed by atoms with Crippen LogP contribution in [-0.4, -0.2) is 5.78 Å². The van der Waals surface area contributed by atoms with E-state index in [1.54, 1.807) is 6.92 Å². The number of rotatable bonds is 1. The summed E-state index contributed by atoms with van der Waals surface area (Å²) in [7, 11) is 0. The van der Waals surface area contributed by atoms with E-state index in [1.165, 1.54) is 6.42 Å². The van der Waals surface area contributed by atoms with E-state index in [2.05, 4.69) is 12.2 Å². The number of hydrogen-bond acceptors (Lipinski definition) is 1. The van der Waals surface area contributed by atoms with Crippen molar-refractivity contribution in [3.63, 3.8) is 0 Å². The van der Waals surface area contributed by atoms with Gasteiger partial charge < -0.3 is 0 Å². The molecule has 0 aromatic heterocycles. The second kappa shape index (κ2) is 1.94. The SMILES string of the molecule is CC(=O)[C@H]1CC2C=CC1C2. The molecule has 0 amide bonds. The van der Waals surface area contributed by atoms with Gasteiger partial charge in [-0.1, -0.05) is 12.2 Å². The van der Waals surface area contributed by atoms with E-state index in [1.807, 2.05) is 0 Å². The second-order valence-electron chi connectivity index (χ2n) is 3.50. The smallest absolute Gasteiger partial charge is 0.133 e. The lowest BCUT2D eigenvalue weighted by atomic mass is 9.90. The van der Waals surface area contributed by atoms with Crippen molar-refractivity contribution in [3.8, 4) is 0 Å². The molecule has 0 aromatic carbocycles. The molecule has 3 atom stereocenters. The van der Waals surface area contributed by atoms with E-state index in [9.17, 15) is 4.79 Å². The van der Waals surface area contributed by atoms with Gasteiger partial charge in [-0.2, -0.15) is 0 Å². The van der Waals surface area contributed by atoms with E-state index >= 15 is 0 Å². The largest absolute Gasteiger partial charge is 0.300 e. The summed E-state index contributed by atoms with van der Waals surface area (Å²) in [6.07, 6.45) is 6.85. The molecule has 2 aliphatic carbocycles. The Morgan fingerprint density at radius 2 is 2.20 bits per heavy atom. The Kier molecular flexibility index (Phi) is 1.19. The molecule has 0 aliphatic heterocycles. The molecule has 2 unspecified atom stereocenters. The highest BCUT2D eigenvalue weighted by Gasteiger charge is 2.37. The molecule has 2 bridgehead atoms. The summed E-state index contributed by atoms with van der Waals surface area (Å²) in [6, 6.07) is 0. The summed E-state index contributed by atoms with van der Waals surface area (Å²) in [6.45, 7) is 1.72. The molecule has 2 rings (SSSR count). The first-order chi connectivity index (χ1) is 4.77. The molecular weight excluding hydrogens is 124 g/mol. The molecule has 1 heteroatoms. The lowest BCUT2D eigenvalue weighted by molar-refractivity contribution is -0.121. The molecule has 10 heavy (non-hydrogen) atoms. The minimum Gasteiger partial charge on any atom is -0.300 e. The lowest BCUT2D eigenvalue weighted by Gasteiger charge is -2.13. The molecule has 0 N–H and O–H groups in total.